The smallest absolute Gasteiger partial charge is 0.177 e. The lowest BCUT2D eigenvalue weighted by Gasteiger charge is -2.08. The molecule has 1 aromatic carbocycles. The molecular weight excluding hydrogens is 233 g/mol. The Labute approximate surface area is 94.1 Å². The molecule has 6 heteroatoms. The molecular formula is C10H14FNO3S. The van der Waals surface area contributed by atoms with Gasteiger partial charge < -0.3 is 10.5 Å². The number of benzene rings is 1. The van der Waals surface area contributed by atoms with Gasteiger partial charge in [-0.3, -0.25) is 0 Å². The van der Waals surface area contributed by atoms with Gasteiger partial charge in [0.2, 0.25) is 0 Å². The first-order valence-corrected chi connectivity index (χ1v) is 6.81. The largest absolute Gasteiger partial charge is 0.488 e. The number of ether oxygens (including phenoxy) is 1. The van der Waals surface area contributed by atoms with E-state index in [0.717, 1.165) is 6.26 Å². The third-order valence-electron chi connectivity index (χ3n) is 1.90. The summed E-state index contributed by atoms with van der Waals surface area (Å²) in [5.41, 5.74) is 5.71. The summed E-state index contributed by atoms with van der Waals surface area (Å²) < 4.78 is 39.9. The van der Waals surface area contributed by atoms with E-state index < -0.39 is 15.7 Å². The molecule has 0 aliphatic rings. The van der Waals surface area contributed by atoms with Crippen LogP contribution in [0.25, 0.3) is 0 Å². The minimum atomic E-state index is -3.00. The van der Waals surface area contributed by atoms with Gasteiger partial charge >= 0.3 is 0 Å². The normalized spacial score (nSPS) is 11.4. The fourth-order valence-electron chi connectivity index (χ4n) is 1.17. The van der Waals surface area contributed by atoms with Gasteiger partial charge in [0.05, 0.1) is 18.0 Å². The van der Waals surface area contributed by atoms with Crippen LogP contribution in [-0.4, -0.2) is 27.0 Å². The molecule has 0 amide bonds. The van der Waals surface area contributed by atoms with Gasteiger partial charge in [-0.2, -0.15) is 0 Å². The number of rotatable bonds is 5. The molecule has 16 heavy (non-hydrogen) atoms. The van der Waals surface area contributed by atoms with Crippen molar-refractivity contribution in [3.8, 4) is 5.75 Å². The van der Waals surface area contributed by atoms with Crippen LogP contribution < -0.4 is 10.5 Å². The average Bonchev–Trinajstić information content (AvgIpc) is 2.14. The van der Waals surface area contributed by atoms with E-state index >= 15 is 0 Å². The summed E-state index contributed by atoms with van der Waals surface area (Å²) in [4.78, 5) is 0. The highest BCUT2D eigenvalue weighted by molar-refractivity contribution is 7.90. The van der Waals surface area contributed by atoms with Gasteiger partial charge in [-0.15, -0.1) is 0 Å². The van der Waals surface area contributed by atoms with Crippen molar-refractivity contribution in [1.29, 1.82) is 0 Å². The summed E-state index contributed by atoms with van der Waals surface area (Å²) in [5, 5.41) is 0. The number of sulfone groups is 1. The molecule has 1 aromatic rings. The maximum Gasteiger partial charge on any atom is 0.177 e. The van der Waals surface area contributed by atoms with Crippen LogP contribution in [0, 0.1) is 5.82 Å². The van der Waals surface area contributed by atoms with Crippen LogP contribution in [0.4, 0.5) is 10.1 Å². The lowest BCUT2D eigenvalue weighted by Crippen LogP contribution is -2.09. The number of nitrogens with two attached hydrogens (primary N) is 1. The Morgan fingerprint density at radius 1 is 1.44 bits per heavy atom. The molecule has 0 saturated heterocycles. The molecule has 0 atom stereocenters. The van der Waals surface area contributed by atoms with Crippen molar-refractivity contribution in [2.45, 2.75) is 6.42 Å². The molecule has 0 radical (unpaired) electrons. The topological polar surface area (TPSA) is 69.4 Å². The van der Waals surface area contributed by atoms with Gasteiger partial charge in [0.25, 0.3) is 0 Å². The molecule has 0 unspecified atom stereocenters. The Morgan fingerprint density at radius 2 is 2.12 bits per heavy atom. The standard InChI is InChI=1S/C10H14FNO3S/c1-16(13,14)7-3-6-15-10-8(11)4-2-5-9(10)12/h2,4-5H,3,6-7,12H2,1H3. The molecule has 0 fully saturated rings. The highest BCUT2D eigenvalue weighted by Crippen LogP contribution is 2.24. The summed E-state index contributed by atoms with van der Waals surface area (Å²) in [6.07, 6.45) is 1.46. The fourth-order valence-corrected chi connectivity index (χ4v) is 1.82. The molecule has 0 saturated carbocycles. The zero-order valence-corrected chi connectivity index (χ0v) is 9.76. The van der Waals surface area contributed by atoms with Crippen molar-refractivity contribution in [1.82, 2.24) is 0 Å². The summed E-state index contributed by atoms with van der Waals surface area (Å²) in [6.45, 7) is 0.123. The SMILES string of the molecule is CS(=O)(=O)CCCOc1c(N)cccc1F. The van der Waals surface area contributed by atoms with Crippen molar-refractivity contribution >= 4 is 15.5 Å². The van der Waals surface area contributed by atoms with Crippen LogP contribution in [0.3, 0.4) is 0 Å². The second kappa shape index (κ2) is 5.16. The van der Waals surface area contributed by atoms with E-state index in [1.165, 1.54) is 18.2 Å². The third-order valence-corrected chi connectivity index (χ3v) is 2.93. The first-order chi connectivity index (χ1) is 7.40. The van der Waals surface area contributed by atoms with E-state index in [-0.39, 0.29) is 23.8 Å². The fraction of sp³-hybridized carbons (Fsp3) is 0.400. The van der Waals surface area contributed by atoms with Crippen LogP contribution in [-0.2, 0) is 9.84 Å². The van der Waals surface area contributed by atoms with E-state index in [0.29, 0.717) is 6.42 Å². The second-order valence-electron chi connectivity index (χ2n) is 3.49. The summed E-state index contributed by atoms with van der Waals surface area (Å²) in [6, 6.07) is 4.24. The quantitative estimate of drug-likeness (QED) is 0.627. The molecule has 4 nitrogen and oxygen atoms in total. The predicted molar refractivity (Wildman–Crippen MR) is 60.6 cm³/mol. The van der Waals surface area contributed by atoms with Gasteiger partial charge in [-0.05, 0) is 18.6 Å². The lowest BCUT2D eigenvalue weighted by atomic mass is 10.3. The lowest BCUT2D eigenvalue weighted by molar-refractivity contribution is 0.303. The first-order valence-electron chi connectivity index (χ1n) is 4.74. The van der Waals surface area contributed by atoms with Gasteiger partial charge in [0, 0.05) is 6.26 Å². The highest BCUT2D eigenvalue weighted by Gasteiger charge is 2.07. The molecule has 0 spiro atoms. The number of halogens is 1. The maximum absolute atomic E-state index is 13.2. The Bertz CT molecular complexity index is 439. The molecule has 90 valence electrons. The molecule has 0 aromatic heterocycles. The van der Waals surface area contributed by atoms with Crippen molar-refractivity contribution < 1.29 is 17.5 Å². The predicted octanol–water partition coefficient (Wildman–Crippen LogP) is 1.22. The van der Waals surface area contributed by atoms with Crippen LogP contribution in [0.5, 0.6) is 5.75 Å². The number of para-hydroxylation sites is 1. The van der Waals surface area contributed by atoms with Crippen molar-refractivity contribution in [3.63, 3.8) is 0 Å². The van der Waals surface area contributed by atoms with Crippen molar-refractivity contribution in [3.05, 3.63) is 24.0 Å². The Balaban J connectivity index is 2.49. The Hall–Kier alpha value is -1.30. The second-order valence-corrected chi connectivity index (χ2v) is 5.75. The van der Waals surface area contributed by atoms with Gasteiger partial charge in [0.15, 0.2) is 11.6 Å². The van der Waals surface area contributed by atoms with E-state index in [9.17, 15) is 12.8 Å². The van der Waals surface area contributed by atoms with Crippen molar-refractivity contribution in [2.75, 3.05) is 24.3 Å². The summed E-state index contributed by atoms with van der Waals surface area (Å²) in [5.74, 6) is -0.545. The van der Waals surface area contributed by atoms with Crippen LogP contribution >= 0.6 is 0 Å². The third kappa shape index (κ3) is 4.06. The first kappa shape index (κ1) is 12.8. The van der Waals surface area contributed by atoms with Crippen molar-refractivity contribution in [2.24, 2.45) is 0 Å². The monoisotopic (exact) mass is 247 g/mol. The van der Waals surface area contributed by atoms with Crippen LogP contribution in [0.1, 0.15) is 6.42 Å². The number of hydrogen-bond donors (Lipinski definition) is 1. The van der Waals surface area contributed by atoms with E-state index in [1.54, 1.807) is 0 Å². The van der Waals surface area contributed by atoms with Gasteiger partial charge in [0.1, 0.15) is 9.84 Å². The van der Waals surface area contributed by atoms with Crippen LogP contribution in [0.15, 0.2) is 18.2 Å². The molecule has 1 rings (SSSR count). The molecule has 0 bridgehead atoms. The van der Waals surface area contributed by atoms with E-state index in [1.807, 2.05) is 0 Å². The highest BCUT2D eigenvalue weighted by atomic mass is 32.2. The number of nitrogen functional groups attached to an aromatic ring is 1. The van der Waals surface area contributed by atoms with E-state index in [2.05, 4.69) is 0 Å². The number of hydrogen-bond acceptors (Lipinski definition) is 4. The summed E-state index contributed by atoms with van der Waals surface area (Å²) in [7, 11) is -3.00. The van der Waals surface area contributed by atoms with Gasteiger partial charge in [-0.25, -0.2) is 12.8 Å². The minimum absolute atomic E-state index is 0.0152. The maximum atomic E-state index is 13.2. The molecule has 0 aliphatic carbocycles. The van der Waals surface area contributed by atoms with Gasteiger partial charge in [-0.1, -0.05) is 6.07 Å². The minimum Gasteiger partial charge on any atom is -0.488 e. The Kier molecular flexibility index (Phi) is 4.12. The van der Waals surface area contributed by atoms with Crippen LogP contribution in [0.2, 0.25) is 0 Å². The average molecular weight is 247 g/mol. The zero-order valence-electron chi connectivity index (χ0n) is 8.94. The summed E-state index contributed by atoms with van der Waals surface area (Å²) >= 11 is 0. The molecule has 0 heterocycles. The zero-order chi connectivity index (χ0) is 12.2. The number of anilines is 1. The Morgan fingerprint density at radius 3 is 2.69 bits per heavy atom. The molecule has 2 N–H and O–H groups in total. The molecule has 0 aliphatic heterocycles. The van der Waals surface area contributed by atoms with E-state index in [4.69, 9.17) is 10.5 Å².